The Morgan fingerprint density at radius 1 is 1.27 bits per heavy atom. The quantitative estimate of drug-likeness (QED) is 0.559. The Hall–Kier alpha value is -2.59. The molecule has 2 aromatic heterocycles. The van der Waals surface area contributed by atoms with E-state index in [-0.39, 0.29) is 17.2 Å². The van der Waals surface area contributed by atoms with Gasteiger partial charge in [0, 0.05) is 18.5 Å². The molecule has 1 atom stereocenters. The van der Waals surface area contributed by atoms with Crippen LogP contribution in [0, 0.1) is 0 Å². The maximum atomic E-state index is 13.5. The molecule has 6 nitrogen and oxygen atoms in total. The molecule has 4 heterocycles. The molecular weight excluding hydrogens is 441 g/mol. The third kappa shape index (κ3) is 2.89. The summed E-state index contributed by atoms with van der Waals surface area (Å²) in [5.41, 5.74) is -1.81. The van der Waals surface area contributed by atoms with E-state index in [0.717, 1.165) is 17.0 Å². The van der Waals surface area contributed by atoms with Crippen LogP contribution in [0.2, 0.25) is 4.47 Å². The van der Waals surface area contributed by atoms with Crippen LogP contribution in [-0.4, -0.2) is 22.6 Å². The molecule has 0 N–H and O–H groups in total. The number of nitrogens with zero attached hydrogens (tertiary/aromatic N) is 4. The van der Waals surface area contributed by atoms with Crippen LogP contribution in [0.15, 0.2) is 35.3 Å². The van der Waals surface area contributed by atoms with Crippen molar-refractivity contribution >= 4 is 28.9 Å². The van der Waals surface area contributed by atoms with Gasteiger partial charge in [-0.2, -0.15) is 17.7 Å². The fourth-order valence-electron chi connectivity index (χ4n) is 4.19. The van der Waals surface area contributed by atoms with Gasteiger partial charge in [0.2, 0.25) is 0 Å². The smallest absolute Gasteiger partial charge is 0.416 e. The first kappa shape index (κ1) is 19.4. The van der Waals surface area contributed by atoms with Crippen molar-refractivity contribution in [2.75, 3.05) is 18.0 Å². The normalized spacial score (nSPS) is 18.0. The molecule has 0 saturated heterocycles. The molecule has 2 aliphatic heterocycles. The van der Waals surface area contributed by atoms with Gasteiger partial charge in [0.1, 0.15) is 12.6 Å². The van der Waals surface area contributed by atoms with Gasteiger partial charge in [0.05, 0.1) is 29.1 Å². The summed E-state index contributed by atoms with van der Waals surface area (Å²) in [5.74, 6) is -0.0856. The summed E-state index contributed by atoms with van der Waals surface area (Å²) in [6.07, 6.45) is -2.38. The van der Waals surface area contributed by atoms with Crippen LogP contribution in [0.4, 0.5) is 19.1 Å². The monoisotopic (exact) mass is 454 g/mol. The zero-order valence-electron chi connectivity index (χ0n) is 15.3. The average Bonchev–Trinajstić information content (AvgIpc) is 3.32. The van der Waals surface area contributed by atoms with Crippen LogP contribution < -0.4 is 20.1 Å². The minimum absolute atomic E-state index is 0.0380. The lowest BCUT2D eigenvalue weighted by Crippen LogP contribution is -2.61. The second kappa shape index (κ2) is 6.71. The van der Waals surface area contributed by atoms with Crippen molar-refractivity contribution in [2.45, 2.75) is 25.2 Å². The number of hydrogen-bond acceptors (Lipinski definition) is 5. The van der Waals surface area contributed by atoms with Gasteiger partial charge in [-0.25, -0.2) is 9.55 Å². The first-order chi connectivity index (χ1) is 14.3. The van der Waals surface area contributed by atoms with Gasteiger partial charge in [-0.3, -0.25) is 9.69 Å². The highest BCUT2D eigenvalue weighted by Gasteiger charge is 2.42. The molecule has 5 rings (SSSR count). The Kier molecular flexibility index (Phi) is 4.33. The summed E-state index contributed by atoms with van der Waals surface area (Å²) in [6, 6.07) is 3.95. The molecule has 11 heteroatoms. The van der Waals surface area contributed by atoms with Gasteiger partial charge in [0.15, 0.2) is 4.47 Å². The predicted octanol–water partition coefficient (Wildman–Crippen LogP) is 2.82. The van der Waals surface area contributed by atoms with Crippen molar-refractivity contribution in [2.24, 2.45) is 0 Å². The van der Waals surface area contributed by atoms with E-state index in [4.69, 9.17) is 11.6 Å². The topological polar surface area (TPSA) is 65.1 Å². The van der Waals surface area contributed by atoms with Crippen molar-refractivity contribution < 1.29 is 22.8 Å². The fourth-order valence-corrected chi connectivity index (χ4v) is 5.27. The molecule has 1 unspecified atom stereocenters. The van der Waals surface area contributed by atoms with Crippen LogP contribution in [0.25, 0.3) is 11.1 Å². The lowest BCUT2D eigenvalue weighted by Gasteiger charge is -2.28. The molecule has 3 aromatic rings. The molecule has 0 aliphatic carbocycles. The second-order valence-corrected chi connectivity index (χ2v) is 8.84. The van der Waals surface area contributed by atoms with E-state index in [1.165, 1.54) is 32.6 Å². The third-order valence-electron chi connectivity index (χ3n) is 5.51. The number of benzene rings is 1. The molecule has 0 amide bonds. The number of alkyl halides is 3. The lowest BCUT2D eigenvalue weighted by molar-refractivity contribution is -0.721. The van der Waals surface area contributed by atoms with Gasteiger partial charge in [-0.15, -0.1) is 11.3 Å². The molecular formula is C19H14ClF3N4O2S. The Bertz CT molecular complexity index is 1220. The molecule has 156 valence electrons. The largest absolute Gasteiger partial charge is 0.848 e. The van der Waals surface area contributed by atoms with Crippen molar-refractivity contribution in [1.82, 2.24) is 9.55 Å². The van der Waals surface area contributed by atoms with E-state index in [2.05, 4.69) is 4.98 Å². The van der Waals surface area contributed by atoms with Crippen LogP contribution in [0.3, 0.4) is 0 Å². The molecule has 30 heavy (non-hydrogen) atoms. The zero-order valence-corrected chi connectivity index (χ0v) is 16.9. The highest BCUT2D eigenvalue weighted by Crippen LogP contribution is 2.37. The zero-order chi connectivity index (χ0) is 21.2. The van der Waals surface area contributed by atoms with E-state index in [0.29, 0.717) is 36.5 Å². The van der Waals surface area contributed by atoms with Crippen molar-refractivity contribution in [1.29, 1.82) is 0 Å². The maximum absolute atomic E-state index is 13.5. The van der Waals surface area contributed by atoms with E-state index in [1.54, 1.807) is 6.20 Å². The van der Waals surface area contributed by atoms with Crippen LogP contribution in [0.1, 0.15) is 22.9 Å². The minimum atomic E-state index is -4.58. The lowest BCUT2D eigenvalue weighted by atomic mass is 10.0. The summed E-state index contributed by atoms with van der Waals surface area (Å²) >= 11 is 7.22. The maximum Gasteiger partial charge on any atom is 0.416 e. The molecule has 0 saturated carbocycles. The standard InChI is InChI=1S/C19H14ClF3N4O2S/c20-17-24-9-13(30-17)12-4-5-25-6-7-26-15(28)14(16(29)27(12)18(25)26)10-2-1-3-11(8-10)19(21,22)23/h1-3,8-9,12H,4-7H2. The minimum Gasteiger partial charge on any atom is -0.848 e. The molecule has 1 aromatic carbocycles. The number of aromatic nitrogens is 3. The van der Waals surface area contributed by atoms with Crippen LogP contribution in [0.5, 0.6) is 5.88 Å². The van der Waals surface area contributed by atoms with Crippen LogP contribution >= 0.6 is 22.9 Å². The van der Waals surface area contributed by atoms with Gasteiger partial charge >= 0.3 is 17.7 Å². The SMILES string of the molecule is O=c1c(-c2cccc(C(F)(F)F)c2)c([O-])n2c3[n+]1C(c1cnc(Cl)s1)CCN3CC2. The molecule has 2 aliphatic rings. The summed E-state index contributed by atoms with van der Waals surface area (Å²) in [5, 5.41) is 13.1. The third-order valence-corrected chi connectivity index (χ3v) is 6.73. The number of hydrogen-bond donors (Lipinski definition) is 0. The van der Waals surface area contributed by atoms with Gasteiger partial charge in [-0.1, -0.05) is 23.7 Å². The molecule has 0 spiro atoms. The predicted molar refractivity (Wildman–Crippen MR) is 103 cm³/mol. The number of anilines is 1. The molecule has 0 bridgehead atoms. The number of rotatable bonds is 2. The van der Waals surface area contributed by atoms with E-state index >= 15 is 0 Å². The first-order valence-corrected chi connectivity index (χ1v) is 10.4. The summed E-state index contributed by atoms with van der Waals surface area (Å²) in [6.45, 7) is 1.59. The Labute approximate surface area is 177 Å². The molecule has 0 fully saturated rings. The van der Waals surface area contributed by atoms with Crippen molar-refractivity contribution in [3.63, 3.8) is 0 Å². The Balaban J connectivity index is 1.77. The highest BCUT2D eigenvalue weighted by atomic mass is 35.5. The van der Waals surface area contributed by atoms with Crippen molar-refractivity contribution in [3.05, 3.63) is 55.7 Å². The summed E-state index contributed by atoms with van der Waals surface area (Å²) < 4.78 is 42.9. The first-order valence-electron chi connectivity index (χ1n) is 9.19. The number of halogens is 4. The Morgan fingerprint density at radius 2 is 2.07 bits per heavy atom. The van der Waals surface area contributed by atoms with E-state index in [9.17, 15) is 23.1 Å². The van der Waals surface area contributed by atoms with Crippen molar-refractivity contribution in [3.8, 4) is 17.0 Å². The molecule has 0 radical (unpaired) electrons. The highest BCUT2D eigenvalue weighted by molar-refractivity contribution is 7.15. The van der Waals surface area contributed by atoms with Gasteiger partial charge in [-0.05, 0) is 17.7 Å². The van der Waals surface area contributed by atoms with Gasteiger partial charge in [0.25, 0.3) is 0 Å². The Morgan fingerprint density at radius 3 is 2.77 bits per heavy atom. The average molecular weight is 455 g/mol. The van der Waals surface area contributed by atoms with E-state index in [1.807, 2.05) is 4.90 Å². The van der Waals surface area contributed by atoms with E-state index < -0.39 is 23.2 Å². The second-order valence-electron chi connectivity index (χ2n) is 7.19. The summed E-state index contributed by atoms with van der Waals surface area (Å²) in [4.78, 5) is 20.3. The van der Waals surface area contributed by atoms with Crippen LogP contribution in [-0.2, 0) is 12.7 Å². The summed E-state index contributed by atoms with van der Waals surface area (Å²) in [7, 11) is 0. The van der Waals surface area contributed by atoms with Gasteiger partial charge < -0.3 is 5.11 Å². The number of thiazole rings is 1. The fraction of sp³-hybridized carbons (Fsp3) is 0.316.